The van der Waals surface area contributed by atoms with Gasteiger partial charge in [0.05, 0.1) is 18.7 Å². The Kier molecular flexibility index (Phi) is 5.24. The van der Waals surface area contributed by atoms with Crippen LogP contribution in [0.3, 0.4) is 0 Å². The fourth-order valence-corrected chi connectivity index (χ4v) is 0.966. The molecule has 0 aromatic carbocycles. The highest BCUT2D eigenvalue weighted by atomic mass is 16.3. The van der Waals surface area contributed by atoms with Gasteiger partial charge >= 0.3 is 0 Å². The molecular formula is C11H24N2O2. The number of rotatable bonds is 5. The van der Waals surface area contributed by atoms with Crippen molar-refractivity contribution < 1.29 is 9.90 Å². The zero-order valence-corrected chi connectivity index (χ0v) is 10.5. The van der Waals surface area contributed by atoms with Gasteiger partial charge in [0.2, 0.25) is 5.91 Å². The molecule has 1 unspecified atom stereocenters. The van der Waals surface area contributed by atoms with Gasteiger partial charge < -0.3 is 15.7 Å². The van der Waals surface area contributed by atoms with Crippen LogP contribution in [0.1, 0.15) is 41.0 Å². The smallest absolute Gasteiger partial charge is 0.234 e. The van der Waals surface area contributed by atoms with Crippen molar-refractivity contribution in [3.63, 3.8) is 0 Å². The number of aliphatic hydroxyl groups is 1. The molecule has 0 spiro atoms. The minimum atomic E-state index is -0.503. The molecule has 0 saturated carbocycles. The highest BCUT2D eigenvalue weighted by Gasteiger charge is 2.23. The summed E-state index contributed by atoms with van der Waals surface area (Å²) in [6, 6.07) is 0. The number of carbonyl (C=O) groups excluding carboxylic acids is 1. The molecular weight excluding hydrogens is 192 g/mol. The third-order valence-electron chi connectivity index (χ3n) is 2.35. The minimum absolute atomic E-state index is 0.0369. The van der Waals surface area contributed by atoms with E-state index in [-0.39, 0.29) is 24.6 Å². The monoisotopic (exact) mass is 216 g/mol. The molecule has 0 rings (SSSR count). The average Bonchev–Trinajstić information content (AvgIpc) is 2.13. The molecule has 3 N–H and O–H groups in total. The summed E-state index contributed by atoms with van der Waals surface area (Å²) in [7, 11) is 0. The Morgan fingerprint density at radius 3 is 2.13 bits per heavy atom. The Labute approximate surface area is 92.4 Å². The second kappa shape index (κ2) is 5.47. The van der Waals surface area contributed by atoms with E-state index in [1.807, 2.05) is 34.6 Å². The molecule has 0 aromatic rings. The van der Waals surface area contributed by atoms with E-state index in [4.69, 9.17) is 5.11 Å². The number of nitrogens with one attached hydrogen (secondary N) is 2. The number of aliphatic hydroxyl groups excluding tert-OH is 1. The van der Waals surface area contributed by atoms with Gasteiger partial charge in [-0.3, -0.25) is 4.79 Å². The van der Waals surface area contributed by atoms with Crippen molar-refractivity contribution in [2.24, 2.45) is 0 Å². The summed E-state index contributed by atoms with van der Waals surface area (Å²) < 4.78 is 0. The predicted molar refractivity (Wildman–Crippen MR) is 61.7 cm³/mol. The molecule has 0 radical (unpaired) electrons. The first kappa shape index (κ1) is 14.4. The Morgan fingerprint density at radius 2 is 1.80 bits per heavy atom. The number of hydrogen-bond acceptors (Lipinski definition) is 3. The van der Waals surface area contributed by atoms with Crippen LogP contribution in [0.15, 0.2) is 0 Å². The van der Waals surface area contributed by atoms with Gasteiger partial charge in [0, 0.05) is 5.54 Å². The van der Waals surface area contributed by atoms with E-state index in [1.54, 1.807) is 0 Å². The number of carbonyl (C=O) groups is 1. The lowest BCUT2D eigenvalue weighted by Crippen LogP contribution is -2.52. The fourth-order valence-electron chi connectivity index (χ4n) is 0.966. The van der Waals surface area contributed by atoms with Gasteiger partial charge in [0.15, 0.2) is 0 Å². The van der Waals surface area contributed by atoms with Crippen molar-refractivity contribution in [1.29, 1.82) is 0 Å². The Morgan fingerprint density at radius 1 is 1.27 bits per heavy atom. The van der Waals surface area contributed by atoms with Crippen molar-refractivity contribution in [2.45, 2.75) is 52.1 Å². The first-order valence-corrected chi connectivity index (χ1v) is 5.39. The summed E-state index contributed by atoms with van der Waals surface area (Å²) in [5, 5.41) is 15.0. The van der Waals surface area contributed by atoms with E-state index in [1.165, 1.54) is 0 Å². The normalized spacial score (nSPS) is 15.9. The second-order valence-corrected chi connectivity index (χ2v) is 5.22. The van der Waals surface area contributed by atoms with Crippen LogP contribution in [0.25, 0.3) is 0 Å². The summed E-state index contributed by atoms with van der Waals surface area (Å²) in [4.78, 5) is 11.5. The Balaban J connectivity index is 4.04. The van der Waals surface area contributed by atoms with Crippen LogP contribution < -0.4 is 10.6 Å². The van der Waals surface area contributed by atoms with Crippen LogP contribution in [0.2, 0.25) is 0 Å². The van der Waals surface area contributed by atoms with Crippen LogP contribution in [0.5, 0.6) is 0 Å². The van der Waals surface area contributed by atoms with E-state index >= 15 is 0 Å². The zero-order valence-electron chi connectivity index (χ0n) is 10.5. The first-order valence-electron chi connectivity index (χ1n) is 5.39. The topological polar surface area (TPSA) is 61.4 Å². The molecule has 0 saturated heterocycles. The van der Waals surface area contributed by atoms with Crippen LogP contribution in [0.4, 0.5) is 0 Å². The van der Waals surface area contributed by atoms with Crippen LogP contribution >= 0.6 is 0 Å². The maximum Gasteiger partial charge on any atom is 0.234 e. The molecule has 4 heteroatoms. The lowest BCUT2D eigenvalue weighted by molar-refractivity contribution is -0.122. The third kappa shape index (κ3) is 6.47. The lowest BCUT2D eigenvalue weighted by Gasteiger charge is -2.28. The molecule has 4 nitrogen and oxygen atoms in total. The lowest BCUT2D eigenvalue weighted by atomic mass is 10.0. The van der Waals surface area contributed by atoms with E-state index in [2.05, 4.69) is 10.6 Å². The molecule has 90 valence electrons. The maximum absolute atomic E-state index is 11.5. The molecule has 0 aliphatic rings. The maximum atomic E-state index is 11.5. The van der Waals surface area contributed by atoms with E-state index in [9.17, 15) is 4.79 Å². The molecule has 15 heavy (non-hydrogen) atoms. The van der Waals surface area contributed by atoms with Gasteiger partial charge in [0.1, 0.15) is 0 Å². The van der Waals surface area contributed by atoms with Crippen molar-refractivity contribution in [2.75, 3.05) is 13.2 Å². The van der Waals surface area contributed by atoms with E-state index < -0.39 is 5.54 Å². The van der Waals surface area contributed by atoms with Crippen molar-refractivity contribution in [3.05, 3.63) is 0 Å². The van der Waals surface area contributed by atoms with Gasteiger partial charge in [-0.05, 0) is 34.1 Å². The molecule has 0 heterocycles. The van der Waals surface area contributed by atoms with Crippen LogP contribution in [0, 0.1) is 0 Å². The van der Waals surface area contributed by atoms with Gasteiger partial charge in [-0.2, -0.15) is 0 Å². The van der Waals surface area contributed by atoms with E-state index in [0.717, 1.165) is 0 Å². The average molecular weight is 216 g/mol. The van der Waals surface area contributed by atoms with Crippen molar-refractivity contribution in [3.8, 4) is 0 Å². The molecule has 0 aromatic heterocycles. The van der Waals surface area contributed by atoms with Crippen LogP contribution in [-0.4, -0.2) is 35.2 Å². The van der Waals surface area contributed by atoms with Gasteiger partial charge in [-0.1, -0.05) is 6.92 Å². The SMILES string of the molecule is CCC(C)(CO)NC(=O)CNC(C)(C)C. The van der Waals surface area contributed by atoms with E-state index in [0.29, 0.717) is 6.42 Å². The third-order valence-corrected chi connectivity index (χ3v) is 2.35. The summed E-state index contributed by atoms with van der Waals surface area (Å²) in [6.45, 7) is 10.0. The van der Waals surface area contributed by atoms with Crippen LogP contribution in [-0.2, 0) is 4.79 Å². The van der Waals surface area contributed by atoms with Gasteiger partial charge in [0.25, 0.3) is 0 Å². The standard InChI is InChI=1S/C11H24N2O2/c1-6-11(5,8-14)13-9(15)7-12-10(2,3)4/h12,14H,6-8H2,1-5H3,(H,13,15). The molecule has 0 bridgehead atoms. The predicted octanol–water partition coefficient (Wildman–Crippen LogP) is 0.652. The zero-order chi connectivity index (χ0) is 12.1. The molecule has 1 atom stereocenters. The molecule has 0 fully saturated rings. The number of amides is 1. The van der Waals surface area contributed by atoms with Crippen molar-refractivity contribution >= 4 is 5.91 Å². The summed E-state index contributed by atoms with van der Waals surface area (Å²) in [5.41, 5.74) is -0.574. The summed E-state index contributed by atoms with van der Waals surface area (Å²) in [5.74, 6) is -0.0803. The van der Waals surface area contributed by atoms with Crippen molar-refractivity contribution in [1.82, 2.24) is 10.6 Å². The second-order valence-electron chi connectivity index (χ2n) is 5.22. The molecule has 1 amide bonds. The quantitative estimate of drug-likeness (QED) is 0.632. The number of hydrogen-bond donors (Lipinski definition) is 3. The first-order chi connectivity index (χ1) is 6.72. The summed E-state index contributed by atoms with van der Waals surface area (Å²) in [6.07, 6.45) is 0.713. The van der Waals surface area contributed by atoms with Gasteiger partial charge in [-0.15, -0.1) is 0 Å². The highest BCUT2D eigenvalue weighted by Crippen LogP contribution is 2.07. The largest absolute Gasteiger partial charge is 0.394 e. The Hall–Kier alpha value is -0.610. The molecule has 0 aliphatic heterocycles. The van der Waals surface area contributed by atoms with Gasteiger partial charge in [-0.25, -0.2) is 0 Å². The minimum Gasteiger partial charge on any atom is -0.394 e. The molecule has 0 aliphatic carbocycles. The fraction of sp³-hybridized carbons (Fsp3) is 0.909. The highest BCUT2D eigenvalue weighted by molar-refractivity contribution is 5.78. The Bertz CT molecular complexity index is 205. The summed E-state index contributed by atoms with van der Waals surface area (Å²) >= 11 is 0.